The molecular formula is C26H28N4O4S2. The number of fused-ring (bicyclic) bond motifs is 1. The number of primary sulfonamides is 1. The van der Waals surface area contributed by atoms with Gasteiger partial charge in [0.1, 0.15) is 6.04 Å². The predicted octanol–water partition coefficient (Wildman–Crippen LogP) is 2.86. The normalized spacial score (nSPS) is 16.3. The van der Waals surface area contributed by atoms with Crippen LogP contribution < -0.4 is 21.1 Å². The van der Waals surface area contributed by atoms with Crippen LogP contribution in [0.3, 0.4) is 0 Å². The fraction of sp³-hybridized carbons (Fsp3) is 0.231. The topological polar surface area (TPSA) is 136 Å². The number of amides is 2. The molecule has 0 bridgehead atoms. The first kappa shape index (κ1) is 25.9. The molecule has 2 amide bonds. The number of benzene rings is 3. The lowest BCUT2D eigenvalue weighted by Gasteiger charge is -2.28. The van der Waals surface area contributed by atoms with Crippen molar-refractivity contribution in [3.63, 3.8) is 0 Å². The summed E-state index contributed by atoms with van der Waals surface area (Å²) in [7, 11) is -3.88. The van der Waals surface area contributed by atoms with Gasteiger partial charge in [-0.2, -0.15) is 0 Å². The molecule has 10 heteroatoms. The molecule has 1 aliphatic heterocycles. The lowest BCUT2D eigenvalue weighted by Crippen LogP contribution is -2.56. The van der Waals surface area contributed by atoms with Crippen LogP contribution >= 0.6 is 11.8 Å². The smallest absolute Gasteiger partial charge is 0.250 e. The van der Waals surface area contributed by atoms with Crippen molar-refractivity contribution < 1.29 is 18.0 Å². The third kappa shape index (κ3) is 5.62. The Kier molecular flexibility index (Phi) is 7.24. The van der Waals surface area contributed by atoms with E-state index in [0.29, 0.717) is 16.9 Å². The second-order valence-electron chi connectivity index (χ2n) is 9.19. The standard InChI is InChI=1S/C26H28N4O4S2/c1-26(2,27)25(32)29-20-16-35-22-9-5-4-8-21(22)30(24(20)31)15-17-11-13-18(14-12-17)19-7-3-6-10-23(19)36(28,33)34/h3-14,20H,15-16,27H2,1-2H3,(H,29,32)(H2,28,33,34)/t20-/m1/s1. The number of nitrogens with two attached hydrogens (primary N) is 2. The van der Waals surface area contributed by atoms with Crippen LogP contribution in [0, 0.1) is 0 Å². The monoisotopic (exact) mass is 524 g/mol. The highest BCUT2D eigenvalue weighted by Crippen LogP contribution is 2.35. The number of sulfonamides is 1. The molecule has 188 valence electrons. The number of carbonyl (C=O) groups excluding carboxylic acids is 2. The average Bonchev–Trinajstić information content (AvgIpc) is 2.96. The van der Waals surface area contributed by atoms with Gasteiger partial charge in [0.25, 0.3) is 5.91 Å². The van der Waals surface area contributed by atoms with Crippen LogP contribution in [0.4, 0.5) is 5.69 Å². The van der Waals surface area contributed by atoms with E-state index in [-0.39, 0.29) is 17.3 Å². The molecule has 1 aliphatic rings. The molecule has 0 aromatic heterocycles. The fourth-order valence-corrected chi connectivity index (χ4v) is 5.72. The predicted molar refractivity (Wildman–Crippen MR) is 142 cm³/mol. The van der Waals surface area contributed by atoms with E-state index in [2.05, 4.69) is 5.32 Å². The summed E-state index contributed by atoms with van der Waals surface area (Å²) in [5, 5.41) is 8.19. The van der Waals surface area contributed by atoms with Gasteiger partial charge in [-0.15, -0.1) is 11.8 Å². The Balaban J connectivity index is 1.64. The Bertz CT molecular complexity index is 1400. The molecule has 4 rings (SSSR count). The van der Waals surface area contributed by atoms with Crippen LogP contribution in [0.1, 0.15) is 19.4 Å². The molecule has 3 aromatic carbocycles. The first-order valence-electron chi connectivity index (χ1n) is 11.3. The van der Waals surface area contributed by atoms with Gasteiger partial charge in [-0.05, 0) is 43.2 Å². The molecule has 0 unspecified atom stereocenters. The number of nitrogens with zero attached hydrogens (tertiary/aromatic N) is 1. The fourth-order valence-electron chi connectivity index (χ4n) is 3.89. The first-order chi connectivity index (χ1) is 16.9. The number of para-hydroxylation sites is 1. The minimum Gasteiger partial charge on any atom is -0.342 e. The molecule has 0 aliphatic carbocycles. The summed E-state index contributed by atoms with van der Waals surface area (Å²) in [6.45, 7) is 3.46. The number of rotatable bonds is 6. The zero-order chi connectivity index (χ0) is 26.1. The largest absolute Gasteiger partial charge is 0.342 e. The minimum absolute atomic E-state index is 0.0489. The zero-order valence-electron chi connectivity index (χ0n) is 20.0. The van der Waals surface area contributed by atoms with Gasteiger partial charge in [-0.25, -0.2) is 13.6 Å². The van der Waals surface area contributed by atoms with E-state index in [1.165, 1.54) is 17.8 Å². The Morgan fingerprint density at radius 1 is 1.06 bits per heavy atom. The van der Waals surface area contributed by atoms with Crippen LogP contribution in [0.15, 0.2) is 82.6 Å². The van der Waals surface area contributed by atoms with E-state index >= 15 is 0 Å². The summed E-state index contributed by atoms with van der Waals surface area (Å²) in [6.07, 6.45) is 0. The second kappa shape index (κ2) is 10.1. The third-order valence-electron chi connectivity index (χ3n) is 5.82. The molecule has 0 saturated carbocycles. The van der Waals surface area contributed by atoms with Crippen LogP contribution in [-0.2, 0) is 26.2 Å². The summed E-state index contributed by atoms with van der Waals surface area (Å²) < 4.78 is 24.0. The van der Waals surface area contributed by atoms with E-state index in [4.69, 9.17) is 10.9 Å². The summed E-state index contributed by atoms with van der Waals surface area (Å²) in [5.41, 5.74) is 7.62. The third-order valence-corrected chi connectivity index (χ3v) is 7.94. The zero-order valence-corrected chi connectivity index (χ0v) is 21.6. The Morgan fingerprint density at radius 2 is 1.69 bits per heavy atom. The SMILES string of the molecule is CC(C)(N)C(=O)N[C@@H]1CSc2ccccc2N(Cc2ccc(-c3ccccc3S(N)(=O)=O)cc2)C1=O. The van der Waals surface area contributed by atoms with Crippen molar-refractivity contribution in [3.8, 4) is 11.1 Å². The van der Waals surface area contributed by atoms with Crippen molar-refractivity contribution in [2.75, 3.05) is 10.7 Å². The number of nitrogens with one attached hydrogen (secondary N) is 1. The maximum atomic E-state index is 13.6. The Morgan fingerprint density at radius 3 is 2.36 bits per heavy atom. The van der Waals surface area contributed by atoms with Crippen LogP contribution in [0.2, 0.25) is 0 Å². The molecule has 0 fully saturated rings. The number of hydrogen-bond acceptors (Lipinski definition) is 6. The maximum Gasteiger partial charge on any atom is 0.250 e. The molecule has 0 radical (unpaired) electrons. The number of anilines is 1. The van der Waals surface area contributed by atoms with E-state index < -0.39 is 27.5 Å². The molecule has 3 aromatic rings. The lowest BCUT2D eigenvalue weighted by atomic mass is 10.0. The Labute approximate surface area is 215 Å². The molecule has 1 heterocycles. The van der Waals surface area contributed by atoms with E-state index in [0.717, 1.165) is 16.1 Å². The van der Waals surface area contributed by atoms with Crippen molar-refractivity contribution in [3.05, 3.63) is 78.4 Å². The van der Waals surface area contributed by atoms with E-state index in [1.54, 1.807) is 49.1 Å². The lowest BCUT2D eigenvalue weighted by molar-refractivity contribution is -0.129. The van der Waals surface area contributed by atoms with Gasteiger partial charge in [-0.3, -0.25) is 9.59 Å². The number of thioether (sulfide) groups is 1. The molecular weight excluding hydrogens is 496 g/mol. The molecule has 5 N–H and O–H groups in total. The Hall–Kier alpha value is -3.18. The highest BCUT2D eigenvalue weighted by Gasteiger charge is 2.34. The minimum atomic E-state index is -3.88. The highest BCUT2D eigenvalue weighted by molar-refractivity contribution is 7.99. The van der Waals surface area contributed by atoms with E-state index in [9.17, 15) is 18.0 Å². The maximum absolute atomic E-state index is 13.6. The van der Waals surface area contributed by atoms with Crippen molar-refractivity contribution >= 4 is 39.3 Å². The van der Waals surface area contributed by atoms with Gasteiger partial charge in [0.15, 0.2) is 0 Å². The second-order valence-corrected chi connectivity index (χ2v) is 11.8. The highest BCUT2D eigenvalue weighted by atomic mass is 32.2. The summed E-state index contributed by atoms with van der Waals surface area (Å²) in [6, 6.07) is 20.7. The molecule has 36 heavy (non-hydrogen) atoms. The van der Waals surface area contributed by atoms with Gasteiger partial charge < -0.3 is 16.0 Å². The van der Waals surface area contributed by atoms with Crippen molar-refractivity contribution in [2.45, 2.75) is 41.8 Å². The van der Waals surface area contributed by atoms with E-state index in [1.807, 2.05) is 36.4 Å². The molecule has 0 spiro atoms. The van der Waals surface area contributed by atoms with Crippen molar-refractivity contribution in [2.24, 2.45) is 10.9 Å². The quantitative estimate of drug-likeness (QED) is 0.454. The summed E-state index contributed by atoms with van der Waals surface area (Å²) >= 11 is 1.51. The summed E-state index contributed by atoms with van der Waals surface area (Å²) in [5.74, 6) is -0.240. The van der Waals surface area contributed by atoms with Crippen LogP contribution in [-0.4, -0.2) is 37.6 Å². The first-order valence-corrected chi connectivity index (χ1v) is 13.8. The molecule has 1 atom stereocenters. The average molecular weight is 525 g/mol. The van der Waals surface area contributed by atoms with Gasteiger partial charge in [0, 0.05) is 16.2 Å². The van der Waals surface area contributed by atoms with Gasteiger partial charge in [0.05, 0.1) is 22.7 Å². The van der Waals surface area contributed by atoms with Gasteiger partial charge >= 0.3 is 0 Å². The molecule has 0 saturated heterocycles. The van der Waals surface area contributed by atoms with Crippen LogP contribution in [0.25, 0.3) is 11.1 Å². The van der Waals surface area contributed by atoms with Gasteiger partial charge in [-0.1, -0.05) is 54.6 Å². The summed E-state index contributed by atoms with van der Waals surface area (Å²) in [4.78, 5) is 28.8. The number of hydrogen-bond donors (Lipinski definition) is 3. The molecule has 8 nitrogen and oxygen atoms in total. The van der Waals surface area contributed by atoms with Gasteiger partial charge in [0.2, 0.25) is 15.9 Å². The number of carbonyl (C=O) groups is 2. The van der Waals surface area contributed by atoms with Crippen molar-refractivity contribution in [1.29, 1.82) is 0 Å². The van der Waals surface area contributed by atoms with Crippen LogP contribution in [0.5, 0.6) is 0 Å². The van der Waals surface area contributed by atoms with Crippen molar-refractivity contribution in [1.82, 2.24) is 5.32 Å².